The minimum absolute atomic E-state index is 0.144. The van der Waals surface area contributed by atoms with Crippen LogP contribution in [0.2, 0.25) is 0 Å². The van der Waals surface area contributed by atoms with Gasteiger partial charge in [0, 0.05) is 44.1 Å². The number of fused-ring (bicyclic) bond motifs is 3. The molecule has 6 heterocycles. The van der Waals surface area contributed by atoms with E-state index in [-0.39, 0.29) is 12.5 Å². The Morgan fingerprint density at radius 2 is 2.13 bits per heavy atom. The molecule has 6 rings (SSSR count). The molecule has 11 nitrogen and oxygen atoms in total. The second-order valence-corrected chi connectivity index (χ2v) is 10.1. The lowest BCUT2D eigenvalue weighted by Gasteiger charge is -2.20. The molecule has 5 aromatic heterocycles. The molecule has 39 heavy (non-hydrogen) atoms. The lowest BCUT2D eigenvalue weighted by Crippen LogP contribution is -2.36. The molecule has 1 aliphatic rings. The maximum Gasteiger partial charge on any atom is 0.252 e. The number of nitrogens with zero attached hydrogens (tertiary/aromatic N) is 6. The first-order chi connectivity index (χ1) is 18.9. The van der Waals surface area contributed by atoms with E-state index < -0.39 is 0 Å². The molecule has 202 valence electrons. The number of pyridine rings is 1. The van der Waals surface area contributed by atoms with E-state index in [1.54, 1.807) is 27.7 Å². The zero-order valence-corrected chi connectivity index (χ0v) is 22.3. The van der Waals surface area contributed by atoms with Crippen LogP contribution in [0, 0.1) is 6.92 Å². The average Bonchev–Trinajstić information content (AvgIpc) is 3.71. The van der Waals surface area contributed by atoms with Gasteiger partial charge < -0.3 is 20.2 Å². The number of aliphatic hydroxyl groups excluding tert-OH is 1. The maximum absolute atomic E-state index is 12.9. The smallest absolute Gasteiger partial charge is 0.252 e. The topological polar surface area (TPSA) is 126 Å². The largest absolute Gasteiger partial charge is 0.459 e. The molecule has 0 aliphatic carbocycles. The van der Waals surface area contributed by atoms with Gasteiger partial charge in [-0.3, -0.25) is 19.4 Å². The van der Waals surface area contributed by atoms with E-state index in [9.17, 15) is 9.90 Å². The van der Waals surface area contributed by atoms with Crippen molar-refractivity contribution in [3.63, 3.8) is 0 Å². The number of hydrogen-bond acceptors (Lipinski definition) is 8. The van der Waals surface area contributed by atoms with Crippen molar-refractivity contribution in [2.75, 3.05) is 25.0 Å². The van der Waals surface area contributed by atoms with Gasteiger partial charge in [0.2, 0.25) is 0 Å². The van der Waals surface area contributed by atoms with Crippen LogP contribution in [-0.4, -0.2) is 66.0 Å². The van der Waals surface area contributed by atoms with Gasteiger partial charge in [0.1, 0.15) is 18.1 Å². The van der Waals surface area contributed by atoms with Crippen molar-refractivity contribution in [1.29, 1.82) is 0 Å². The highest BCUT2D eigenvalue weighted by Crippen LogP contribution is 2.32. The first kappa shape index (κ1) is 25.1. The van der Waals surface area contributed by atoms with Crippen molar-refractivity contribution >= 4 is 33.8 Å². The summed E-state index contributed by atoms with van der Waals surface area (Å²) in [7, 11) is 1.88. The number of furan rings is 1. The summed E-state index contributed by atoms with van der Waals surface area (Å²) in [6, 6.07) is 7.96. The SMILES string of the molecule is Cc1ncc(C(=O)NCCN2CCC[C@@H]2C)cc1Nc1nn(C)c2c1cnn1cc(-c3ccc(CO)o3)cc21. The van der Waals surface area contributed by atoms with Crippen molar-refractivity contribution in [3.8, 4) is 11.3 Å². The Morgan fingerprint density at radius 3 is 2.90 bits per heavy atom. The fourth-order valence-electron chi connectivity index (χ4n) is 5.31. The Bertz CT molecular complexity index is 1670. The van der Waals surface area contributed by atoms with Gasteiger partial charge in [-0.1, -0.05) is 0 Å². The van der Waals surface area contributed by atoms with Crippen LogP contribution in [0.4, 0.5) is 11.5 Å². The molecule has 11 heteroatoms. The van der Waals surface area contributed by atoms with E-state index in [4.69, 9.17) is 9.52 Å². The highest BCUT2D eigenvalue weighted by atomic mass is 16.4. The van der Waals surface area contributed by atoms with Gasteiger partial charge in [-0.05, 0) is 57.5 Å². The Balaban J connectivity index is 1.24. The maximum atomic E-state index is 12.9. The molecular weight excluding hydrogens is 496 g/mol. The Morgan fingerprint density at radius 1 is 1.26 bits per heavy atom. The molecule has 0 spiro atoms. The highest BCUT2D eigenvalue weighted by Gasteiger charge is 2.20. The van der Waals surface area contributed by atoms with Gasteiger partial charge in [0.15, 0.2) is 5.82 Å². The number of amides is 1. The Kier molecular flexibility index (Phi) is 6.53. The van der Waals surface area contributed by atoms with Crippen molar-refractivity contribution < 1.29 is 14.3 Å². The molecule has 1 aliphatic heterocycles. The van der Waals surface area contributed by atoms with Crippen LogP contribution in [0.3, 0.4) is 0 Å². The molecule has 0 unspecified atom stereocenters. The lowest BCUT2D eigenvalue weighted by atomic mass is 10.2. The zero-order valence-electron chi connectivity index (χ0n) is 22.3. The molecule has 1 atom stereocenters. The summed E-state index contributed by atoms with van der Waals surface area (Å²) in [6.45, 7) is 6.52. The third kappa shape index (κ3) is 4.75. The van der Waals surface area contributed by atoms with E-state index in [2.05, 4.69) is 32.5 Å². The summed E-state index contributed by atoms with van der Waals surface area (Å²) in [5, 5.41) is 25.9. The number of aryl methyl sites for hydroxylation is 2. The predicted octanol–water partition coefficient (Wildman–Crippen LogP) is 3.63. The average molecular weight is 529 g/mol. The normalized spacial score (nSPS) is 15.9. The van der Waals surface area contributed by atoms with E-state index >= 15 is 0 Å². The molecule has 0 saturated carbocycles. The van der Waals surface area contributed by atoms with Crippen molar-refractivity contribution in [2.45, 2.75) is 39.3 Å². The number of hydrogen-bond donors (Lipinski definition) is 3. The first-order valence-corrected chi connectivity index (χ1v) is 13.2. The number of rotatable bonds is 8. The summed E-state index contributed by atoms with van der Waals surface area (Å²) in [5.74, 6) is 1.64. The van der Waals surface area contributed by atoms with Crippen LogP contribution in [0.5, 0.6) is 0 Å². The number of likely N-dealkylation sites (tertiary alicyclic amines) is 1. The molecule has 0 radical (unpaired) electrons. The quantitative estimate of drug-likeness (QED) is 0.279. The lowest BCUT2D eigenvalue weighted by molar-refractivity contribution is 0.0947. The summed E-state index contributed by atoms with van der Waals surface area (Å²) in [6.07, 6.45) is 7.69. The summed E-state index contributed by atoms with van der Waals surface area (Å²) >= 11 is 0. The number of anilines is 2. The Labute approximate surface area is 225 Å². The van der Waals surface area contributed by atoms with Gasteiger partial charge >= 0.3 is 0 Å². The highest BCUT2D eigenvalue weighted by molar-refractivity contribution is 6.01. The van der Waals surface area contributed by atoms with Crippen molar-refractivity contribution in [3.05, 3.63) is 59.9 Å². The fraction of sp³-hybridized carbons (Fsp3) is 0.357. The third-order valence-corrected chi connectivity index (χ3v) is 7.52. The van der Waals surface area contributed by atoms with Crippen LogP contribution < -0.4 is 10.6 Å². The molecule has 0 aromatic carbocycles. The summed E-state index contributed by atoms with van der Waals surface area (Å²) in [4.78, 5) is 19.7. The van der Waals surface area contributed by atoms with E-state index in [1.807, 2.05) is 38.4 Å². The van der Waals surface area contributed by atoms with Crippen LogP contribution in [0.15, 0.2) is 47.3 Å². The van der Waals surface area contributed by atoms with Crippen molar-refractivity contribution in [2.24, 2.45) is 7.05 Å². The van der Waals surface area contributed by atoms with Gasteiger partial charge in [-0.2, -0.15) is 10.2 Å². The predicted molar refractivity (Wildman–Crippen MR) is 148 cm³/mol. The number of aliphatic hydroxyl groups is 1. The monoisotopic (exact) mass is 528 g/mol. The first-order valence-electron chi connectivity index (χ1n) is 13.2. The zero-order chi connectivity index (χ0) is 27.1. The van der Waals surface area contributed by atoms with E-state index in [0.29, 0.717) is 41.2 Å². The number of aromatic nitrogens is 5. The number of carbonyl (C=O) groups excluding carboxylic acids is 1. The van der Waals surface area contributed by atoms with Crippen molar-refractivity contribution in [1.82, 2.24) is 34.6 Å². The molecular formula is C28H32N8O3. The van der Waals surface area contributed by atoms with Crippen LogP contribution in [0.1, 0.15) is 41.6 Å². The van der Waals surface area contributed by atoms with E-state index in [1.165, 1.54) is 12.8 Å². The van der Waals surface area contributed by atoms with Crippen LogP contribution >= 0.6 is 0 Å². The number of carbonyl (C=O) groups is 1. The third-order valence-electron chi connectivity index (χ3n) is 7.52. The number of nitrogens with one attached hydrogen (secondary N) is 2. The van der Waals surface area contributed by atoms with Gasteiger partial charge in [-0.25, -0.2) is 4.52 Å². The fourth-order valence-corrected chi connectivity index (χ4v) is 5.31. The molecule has 5 aromatic rings. The van der Waals surface area contributed by atoms with E-state index in [0.717, 1.165) is 40.8 Å². The standard InChI is InChI=1S/C28H32N8O3/c1-17-5-4-9-35(17)10-8-29-28(38)19-11-23(18(2)30-13-19)32-27-22-14-31-36-15-20(25-7-6-21(16-37)39-25)12-24(36)26(22)34(3)33-27/h6-7,11-15,17,37H,4-5,8-10,16H2,1-3H3,(H,29,38)(H,32,33)/t17-/m0/s1. The van der Waals surface area contributed by atoms with Gasteiger partial charge in [0.25, 0.3) is 5.91 Å². The molecule has 0 bridgehead atoms. The summed E-state index contributed by atoms with van der Waals surface area (Å²) in [5.41, 5.74) is 4.57. The minimum Gasteiger partial charge on any atom is -0.459 e. The van der Waals surface area contributed by atoms with Gasteiger partial charge in [-0.15, -0.1) is 0 Å². The van der Waals surface area contributed by atoms with Crippen LogP contribution in [0.25, 0.3) is 27.7 Å². The van der Waals surface area contributed by atoms with Gasteiger partial charge in [0.05, 0.1) is 39.6 Å². The molecule has 1 fully saturated rings. The minimum atomic E-state index is -0.151. The summed E-state index contributed by atoms with van der Waals surface area (Å²) < 4.78 is 9.29. The molecule has 1 saturated heterocycles. The van der Waals surface area contributed by atoms with Crippen LogP contribution in [-0.2, 0) is 13.7 Å². The Hall–Kier alpha value is -4.22. The molecule has 1 amide bonds. The second-order valence-electron chi connectivity index (χ2n) is 10.1. The molecule has 3 N–H and O–H groups in total. The second kappa shape index (κ2) is 10.2.